The van der Waals surface area contributed by atoms with Gasteiger partial charge in [0.25, 0.3) is 5.91 Å². The van der Waals surface area contributed by atoms with E-state index in [9.17, 15) is 9.59 Å². The number of amides is 2. The van der Waals surface area contributed by atoms with Gasteiger partial charge in [-0.1, -0.05) is 0 Å². The number of methoxy groups -OCH3 is 2. The fraction of sp³-hybridized carbons (Fsp3) is 0.346. The zero-order valence-corrected chi connectivity index (χ0v) is 19.5. The summed E-state index contributed by atoms with van der Waals surface area (Å²) in [6, 6.07) is 12.6. The van der Waals surface area contributed by atoms with Crippen molar-refractivity contribution in [2.75, 3.05) is 38.8 Å². The topological polar surface area (TPSA) is 109 Å². The lowest BCUT2D eigenvalue weighted by Crippen LogP contribution is -2.46. The van der Waals surface area contributed by atoms with Crippen molar-refractivity contribution in [1.29, 1.82) is 5.41 Å². The average molecular weight is 463 g/mol. The maximum Gasteiger partial charge on any atom is 0.253 e. The van der Waals surface area contributed by atoms with Gasteiger partial charge in [-0.2, -0.15) is 0 Å². The molecule has 0 saturated carbocycles. The van der Waals surface area contributed by atoms with Gasteiger partial charge in [0.2, 0.25) is 5.91 Å². The van der Waals surface area contributed by atoms with E-state index in [1.807, 2.05) is 28.0 Å². The first-order chi connectivity index (χ1) is 16.5. The Morgan fingerprint density at radius 2 is 1.71 bits per heavy atom. The second-order valence-electron chi connectivity index (χ2n) is 8.66. The molecule has 8 heteroatoms. The fourth-order valence-electron chi connectivity index (χ4n) is 4.89. The molecule has 0 aliphatic carbocycles. The van der Waals surface area contributed by atoms with E-state index in [0.717, 1.165) is 12.1 Å². The number of nitrogens with zero attached hydrogens (tertiary/aromatic N) is 2. The third kappa shape index (κ3) is 4.11. The molecule has 0 bridgehead atoms. The van der Waals surface area contributed by atoms with Crippen molar-refractivity contribution < 1.29 is 19.1 Å². The number of hydrogen-bond acceptors (Lipinski definition) is 6. The van der Waals surface area contributed by atoms with Gasteiger partial charge in [0.15, 0.2) is 0 Å². The Balaban J connectivity index is 1.46. The lowest BCUT2D eigenvalue weighted by atomic mass is 9.77. The van der Waals surface area contributed by atoms with Gasteiger partial charge in [-0.15, -0.1) is 0 Å². The molecule has 8 nitrogen and oxygen atoms in total. The van der Waals surface area contributed by atoms with Gasteiger partial charge < -0.3 is 30.4 Å². The molecule has 178 valence electrons. The summed E-state index contributed by atoms with van der Waals surface area (Å²) in [6.07, 6.45) is 4.59. The number of anilines is 1. The van der Waals surface area contributed by atoms with E-state index in [-0.39, 0.29) is 11.8 Å². The first-order valence-corrected chi connectivity index (χ1v) is 11.3. The predicted molar refractivity (Wildman–Crippen MR) is 131 cm³/mol. The number of nitrogens with two attached hydrogens (primary N) is 1. The second-order valence-corrected chi connectivity index (χ2v) is 8.66. The summed E-state index contributed by atoms with van der Waals surface area (Å²) in [5.74, 6) is 1.35. The van der Waals surface area contributed by atoms with Crippen molar-refractivity contribution >= 4 is 29.3 Å². The van der Waals surface area contributed by atoms with Gasteiger partial charge in [0.1, 0.15) is 11.5 Å². The lowest BCUT2D eigenvalue weighted by molar-refractivity contribution is -0.127. The Morgan fingerprint density at radius 3 is 2.29 bits per heavy atom. The Labute approximate surface area is 199 Å². The molecule has 0 atom stereocenters. The zero-order chi connectivity index (χ0) is 24.3. The van der Waals surface area contributed by atoms with Crippen LogP contribution in [-0.4, -0.2) is 56.8 Å². The Hall–Kier alpha value is -3.81. The van der Waals surface area contributed by atoms with Crippen molar-refractivity contribution in [3.8, 4) is 11.5 Å². The van der Waals surface area contributed by atoms with Crippen LogP contribution in [0.4, 0.5) is 5.69 Å². The first kappa shape index (κ1) is 23.4. The third-order valence-corrected chi connectivity index (χ3v) is 7.00. The highest BCUT2D eigenvalue weighted by Gasteiger charge is 2.49. The smallest absolute Gasteiger partial charge is 0.253 e. The maximum atomic E-state index is 13.5. The summed E-state index contributed by atoms with van der Waals surface area (Å²) in [5, 5.41) is 7.54. The van der Waals surface area contributed by atoms with E-state index >= 15 is 0 Å². The summed E-state index contributed by atoms with van der Waals surface area (Å²) in [4.78, 5) is 30.1. The van der Waals surface area contributed by atoms with Crippen LogP contribution in [0, 0.1) is 10.8 Å². The molecule has 2 aromatic rings. The maximum absolute atomic E-state index is 13.5. The van der Waals surface area contributed by atoms with Crippen LogP contribution in [0.25, 0.3) is 5.57 Å². The molecule has 4 rings (SSSR count). The number of benzene rings is 2. The average Bonchev–Trinajstić information content (AvgIpc) is 3.20. The number of rotatable bonds is 6. The van der Waals surface area contributed by atoms with Crippen LogP contribution in [0.5, 0.6) is 11.5 Å². The molecular formula is C26H30N4O4. The van der Waals surface area contributed by atoms with Gasteiger partial charge in [0, 0.05) is 60.5 Å². The Bertz CT molecular complexity index is 1120. The number of likely N-dealkylation sites (tertiary alicyclic amines) is 1. The molecule has 2 amide bonds. The number of carbonyl (C=O) groups excluding carboxylic acids is 2. The molecule has 0 unspecified atom stereocenters. The van der Waals surface area contributed by atoms with E-state index in [1.54, 1.807) is 38.5 Å². The molecular weight excluding hydrogens is 432 g/mol. The largest absolute Gasteiger partial charge is 0.497 e. The predicted octanol–water partition coefficient (Wildman–Crippen LogP) is 3.31. The third-order valence-electron chi connectivity index (χ3n) is 7.00. The van der Waals surface area contributed by atoms with Crippen LogP contribution in [0.15, 0.2) is 48.7 Å². The van der Waals surface area contributed by atoms with E-state index in [4.69, 9.17) is 20.6 Å². The van der Waals surface area contributed by atoms with E-state index in [0.29, 0.717) is 60.7 Å². The van der Waals surface area contributed by atoms with E-state index < -0.39 is 5.41 Å². The standard InChI is InChI=1S/C26H30N4O4/c1-33-21-6-3-18(4-7-21)24(31)29-12-9-26(10-13-29)11-14-30(25(26)32)20-5-8-22(19(16-27)17-28)23(15-20)34-2/h3-8,15-17,27H,9-14,28H2,1-2H3/b19-17+,27-16?. The molecule has 2 heterocycles. The highest BCUT2D eigenvalue weighted by Crippen LogP contribution is 2.44. The van der Waals surface area contributed by atoms with Crippen molar-refractivity contribution in [2.45, 2.75) is 19.3 Å². The Morgan fingerprint density at radius 1 is 1.03 bits per heavy atom. The summed E-state index contributed by atoms with van der Waals surface area (Å²) < 4.78 is 10.7. The molecule has 2 aromatic carbocycles. The molecule has 0 aromatic heterocycles. The highest BCUT2D eigenvalue weighted by atomic mass is 16.5. The Kier molecular flexibility index (Phi) is 6.58. The summed E-state index contributed by atoms with van der Waals surface area (Å²) >= 11 is 0. The van der Waals surface area contributed by atoms with Gasteiger partial charge in [-0.05, 0) is 55.7 Å². The monoisotopic (exact) mass is 462 g/mol. The fourth-order valence-corrected chi connectivity index (χ4v) is 4.89. The SMILES string of the molecule is COc1ccc(C(=O)N2CCC3(CC2)CCN(c2ccc(/C(C=N)=C/N)c(OC)c2)C3=O)cc1. The van der Waals surface area contributed by atoms with E-state index in [2.05, 4.69) is 0 Å². The summed E-state index contributed by atoms with van der Waals surface area (Å²) in [5.41, 5.74) is 7.82. The summed E-state index contributed by atoms with van der Waals surface area (Å²) in [7, 11) is 3.15. The van der Waals surface area contributed by atoms with Gasteiger partial charge in [-0.3, -0.25) is 9.59 Å². The normalized spacial score (nSPS) is 17.7. The number of hydrogen-bond donors (Lipinski definition) is 2. The van der Waals surface area contributed by atoms with Crippen molar-refractivity contribution in [3.63, 3.8) is 0 Å². The molecule has 2 aliphatic heterocycles. The minimum absolute atomic E-state index is 0.0184. The molecule has 2 aliphatic rings. The number of ether oxygens (including phenoxy) is 2. The lowest BCUT2D eigenvalue weighted by Gasteiger charge is -2.38. The van der Waals surface area contributed by atoms with Gasteiger partial charge >= 0.3 is 0 Å². The van der Waals surface area contributed by atoms with Crippen molar-refractivity contribution in [1.82, 2.24) is 4.90 Å². The number of allylic oxidation sites excluding steroid dienone is 1. The number of piperidine rings is 1. The molecule has 1 spiro atoms. The molecule has 3 N–H and O–H groups in total. The minimum Gasteiger partial charge on any atom is -0.497 e. The number of nitrogens with one attached hydrogen (secondary N) is 1. The quantitative estimate of drug-likeness (QED) is 0.640. The van der Waals surface area contributed by atoms with Crippen molar-refractivity contribution in [3.05, 3.63) is 59.8 Å². The van der Waals surface area contributed by atoms with Crippen LogP contribution in [0.2, 0.25) is 0 Å². The molecule has 34 heavy (non-hydrogen) atoms. The minimum atomic E-state index is -0.445. The first-order valence-electron chi connectivity index (χ1n) is 11.3. The second kappa shape index (κ2) is 9.59. The van der Waals surface area contributed by atoms with Gasteiger partial charge in [-0.25, -0.2) is 0 Å². The van der Waals surface area contributed by atoms with Crippen LogP contribution in [0.3, 0.4) is 0 Å². The molecule has 2 fully saturated rings. The van der Waals surface area contributed by atoms with Crippen LogP contribution in [0.1, 0.15) is 35.2 Å². The van der Waals surface area contributed by atoms with Crippen LogP contribution >= 0.6 is 0 Å². The van der Waals surface area contributed by atoms with E-state index in [1.165, 1.54) is 12.4 Å². The molecule has 2 saturated heterocycles. The molecule has 0 radical (unpaired) electrons. The highest BCUT2D eigenvalue weighted by molar-refractivity contribution is 6.09. The summed E-state index contributed by atoms with van der Waals surface area (Å²) in [6.45, 7) is 1.73. The zero-order valence-electron chi connectivity index (χ0n) is 19.5. The van der Waals surface area contributed by atoms with Gasteiger partial charge in [0.05, 0.1) is 19.6 Å². The number of carbonyl (C=O) groups is 2. The van der Waals surface area contributed by atoms with Crippen LogP contribution in [-0.2, 0) is 4.79 Å². The van der Waals surface area contributed by atoms with Crippen LogP contribution < -0.4 is 20.1 Å². The van der Waals surface area contributed by atoms with Crippen molar-refractivity contribution in [2.24, 2.45) is 11.1 Å².